The second-order valence-corrected chi connectivity index (χ2v) is 4.99. The minimum absolute atomic E-state index is 0.126. The normalized spacial score (nSPS) is 15.7. The van der Waals surface area contributed by atoms with E-state index in [0.717, 1.165) is 25.7 Å². The van der Waals surface area contributed by atoms with Gasteiger partial charge in [0.25, 0.3) is 0 Å². The molecule has 0 spiro atoms. The third-order valence-corrected chi connectivity index (χ3v) is 3.68. The van der Waals surface area contributed by atoms with Gasteiger partial charge in [-0.15, -0.1) is 46.4 Å². The largest absolute Gasteiger partial charge is 0.125 e. The molecule has 0 rings (SSSR count). The van der Waals surface area contributed by atoms with Crippen molar-refractivity contribution in [1.29, 1.82) is 0 Å². The van der Waals surface area contributed by atoms with E-state index in [1.165, 1.54) is 6.42 Å². The summed E-state index contributed by atoms with van der Waals surface area (Å²) in [5.41, 5.74) is 0. The molecule has 0 aliphatic carbocycles. The Bertz CT molecular complexity index is 95.8. The van der Waals surface area contributed by atoms with Crippen molar-refractivity contribution in [2.24, 2.45) is 0 Å². The summed E-state index contributed by atoms with van der Waals surface area (Å²) in [6.45, 7) is 0. The van der Waals surface area contributed by atoms with Crippen LogP contribution in [0.1, 0.15) is 32.1 Å². The Morgan fingerprint density at radius 2 is 1.08 bits per heavy atom. The maximum Gasteiger partial charge on any atom is 0.0471 e. The summed E-state index contributed by atoms with van der Waals surface area (Å²) in [6, 6.07) is 0. The van der Waals surface area contributed by atoms with Gasteiger partial charge in [0.15, 0.2) is 0 Å². The Balaban J connectivity index is 3.08. The lowest BCUT2D eigenvalue weighted by Crippen LogP contribution is -2.01. The summed E-state index contributed by atoms with van der Waals surface area (Å²) in [4.78, 5) is 0. The molecule has 0 radical (unpaired) electrons. The van der Waals surface area contributed by atoms with E-state index in [2.05, 4.69) is 0 Å². The van der Waals surface area contributed by atoms with Crippen LogP contribution in [0.25, 0.3) is 0 Å². The van der Waals surface area contributed by atoms with Crippen molar-refractivity contribution in [1.82, 2.24) is 0 Å². The van der Waals surface area contributed by atoms with Gasteiger partial charge < -0.3 is 0 Å². The highest BCUT2D eigenvalue weighted by atomic mass is 35.5. The van der Waals surface area contributed by atoms with Crippen LogP contribution in [0.5, 0.6) is 0 Å². The Labute approximate surface area is 101 Å². The predicted octanol–water partition coefficient (Wildman–Crippen LogP) is 4.63. The van der Waals surface area contributed by atoms with E-state index in [1.54, 1.807) is 0 Å². The molecule has 0 N–H and O–H groups in total. The fourth-order valence-corrected chi connectivity index (χ4v) is 1.68. The molecule has 0 nitrogen and oxygen atoms in total. The molecule has 0 aromatic rings. The third kappa shape index (κ3) is 9.46. The van der Waals surface area contributed by atoms with E-state index in [1.807, 2.05) is 0 Å². The molecule has 2 unspecified atom stereocenters. The molecule has 0 fully saturated rings. The van der Waals surface area contributed by atoms with Crippen molar-refractivity contribution in [2.45, 2.75) is 42.9 Å². The fourth-order valence-electron chi connectivity index (χ4n) is 1.06. The second-order valence-electron chi connectivity index (χ2n) is 3.14. The molecule has 0 saturated heterocycles. The summed E-state index contributed by atoms with van der Waals surface area (Å²) >= 11 is 22.8. The first-order chi connectivity index (χ1) is 6.20. The Morgan fingerprint density at radius 3 is 1.38 bits per heavy atom. The van der Waals surface area contributed by atoms with Crippen molar-refractivity contribution < 1.29 is 0 Å². The third-order valence-electron chi connectivity index (χ3n) is 1.87. The van der Waals surface area contributed by atoms with Gasteiger partial charge in [-0.3, -0.25) is 0 Å². The molecule has 0 aromatic carbocycles. The number of rotatable bonds is 8. The zero-order chi connectivity index (χ0) is 10.1. The first-order valence-electron chi connectivity index (χ1n) is 4.60. The quantitative estimate of drug-likeness (QED) is 0.444. The zero-order valence-electron chi connectivity index (χ0n) is 7.62. The number of hydrogen-bond acceptors (Lipinski definition) is 0. The first kappa shape index (κ1) is 14.2. The maximum absolute atomic E-state index is 5.85. The zero-order valence-corrected chi connectivity index (χ0v) is 10.6. The van der Waals surface area contributed by atoms with Crippen LogP contribution in [0.4, 0.5) is 0 Å². The lowest BCUT2D eigenvalue weighted by molar-refractivity contribution is 0.609. The van der Waals surface area contributed by atoms with Crippen molar-refractivity contribution in [3.63, 3.8) is 0 Å². The smallest absolute Gasteiger partial charge is 0.0471 e. The minimum Gasteiger partial charge on any atom is -0.125 e. The summed E-state index contributed by atoms with van der Waals surface area (Å²) in [5, 5.41) is 0.253. The summed E-state index contributed by atoms with van der Waals surface area (Å²) in [7, 11) is 0. The van der Waals surface area contributed by atoms with Gasteiger partial charge in [-0.05, 0) is 12.8 Å². The highest BCUT2D eigenvalue weighted by Crippen LogP contribution is 2.14. The van der Waals surface area contributed by atoms with Gasteiger partial charge in [0.1, 0.15) is 0 Å². The van der Waals surface area contributed by atoms with Gasteiger partial charge >= 0.3 is 0 Å². The number of unbranched alkanes of at least 4 members (excludes halogenated alkanes) is 2. The maximum atomic E-state index is 5.85. The minimum atomic E-state index is 0.126. The molecule has 0 saturated carbocycles. The molecule has 0 aliphatic heterocycles. The van der Waals surface area contributed by atoms with Crippen LogP contribution in [0.2, 0.25) is 0 Å². The Hall–Kier alpha value is 1.16. The van der Waals surface area contributed by atoms with Crippen LogP contribution >= 0.6 is 46.4 Å². The molecule has 4 heteroatoms. The summed E-state index contributed by atoms with van der Waals surface area (Å²) in [5.74, 6) is 1.09. The Kier molecular flexibility index (Phi) is 10.6. The van der Waals surface area contributed by atoms with Gasteiger partial charge in [0.05, 0.1) is 0 Å². The van der Waals surface area contributed by atoms with E-state index in [0.29, 0.717) is 11.8 Å². The molecule has 2 atom stereocenters. The monoisotopic (exact) mass is 264 g/mol. The van der Waals surface area contributed by atoms with Crippen LogP contribution in [-0.4, -0.2) is 22.5 Å². The number of halogens is 4. The molecule has 0 aromatic heterocycles. The average Bonchev–Trinajstić information content (AvgIpc) is 2.16. The topological polar surface area (TPSA) is 0 Å². The first-order valence-corrected chi connectivity index (χ1v) is 6.55. The van der Waals surface area contributed by atoms with E-state index < -0.39 is 0 Å². The van der Waals surface area contributed by atoms with E-state index in [9.17, 15) is 0 Å². The lowest BCUT2D eigenvalue weighted by atomic mass is 10.1. The molecule has 0 aliphatic rings. The molecule has 0 bridgehead atoms. The Morgan fingerprint density at radius 1 is 0.692 bits per heavy atom. The van der Waals surface area contributed by atoms with E-state index >= 15 is 0 Å². The van der Waals surface area contributed by atoms with Crippen molar-refractivity contribution in [3.8, 4) is 0 Å². The van der Waals surface area contributed by atoms with Gasteiger partial charge in [0.2, 0.25) is 0 Å². The molecule has 13 heavy (non-hydrogen) atoms. The van der Waals surface area contributed by atoms with Crippen LogP contribution in [-0.2, 0) is 0 Å². The van der Waals surface area contributed by atoms with E-state index in [4.69, 9.17) is 46.4 Å². The summed E-state index contributed by atoms with van der Waals surface area (Å²) < 4.78 is 0. The highest BCUT2D eigenvalue weighted by molar-refractivity contribution is 6.28. The molecular weight excluding hydrogens is 250 g/mol. The lowest BCUT2D eigenvalue weighted by Gasteiger charge is -2.06. The average molecular weight is 266 g/mol. The fraction of sp³-hybridized carbons (Fsp3) is 1.00. The van der Waals surface area contributed by atoms with Crippen molar-refractivity contribution >= 4 is 46.4 Å². The molecular formula is C9H16Cl4. The van der Waals surface area contributed by atoms with Crippen LogP contribution in [0.15, 0.2) is 0 Å². The molecule has 80 valence electrons. The van der Waals surface area contributed by atoms with Gasteiger partial charge in [-0.2, -0.15) is 0 Å². The van der Waals surface area contributed by atoms with Crippen LogP contribution in [0.3, 0.4) is 0 Å². The SMILES string of the molecule is ClCC(Cl)CCCCCC(Cl)CCl. The molecule has 0 amide bonds. The van der Waals surface area contributed by atoms with Gasteiger partial charge in [-0.1, -0.05) is 19.3 Å². The van der Waals surface area contributed by atoms with Crippen molar-refractivity contribution in [2.75, 3.05) is 11.8 Å². The predicted molar refractivity (Wildman–Crippen MR) is 63.8 cm³/mol. The van der Waals surface area contributed by atoms with Crippen LogP contribution in [0, 0.1) is 0 Å². The van der Waals surface area contributed by atoms with Gasteiger partial charge in [-0.25, -0.2) is 0 Å². The number of hydrogen-bond donors (Lipinski definition) is 0. The second kappa shape index (κ2) is 9.71. The van der Waals surface area contributed by atoms with Gasteiger partial charge in [0, 0.05) is 22.5 Å². The highest BCUT2D eigenvalue weighted by Gasteiger charge is 2.04. The molecule has 0 heterocycles. The van der Waals surface area contributed by atoms with Crippen molar-refractivity contribution in [3.05, 3.63) is 0 Å². The van der Waals surface area contributed by atoms with Crippen LogP contribution < -0.4 is 0 Å². The standard InChI is InChI=1S/C9H16Cl4/c10-6-8(12)4-2-1-3-5-9(13)7-11/h8-9H,1-7H2. The number of alkyl halides is 4. The van der Waals surface area contributed by atoms with E-state index in [-0.39, 0.29) is 10.8 Å². The summed E-state index contributed by atoms with van der Waals surface area (Å²) in [6.07, 6.45) is 5.43.